The van der Waals surface area contributed by atoms with Crippen LogP contribution in [-0.4, -0.2) is 21.5 Å². The molecule has 3 aromatic carbocycles. The van der Waals surface area contributed by atoms with Crippen molar-refractivity contribution in [3.63, 3.8) is 0 Å². The van der Waals surface area contributed by atoms with Gasteiger partial charge in [-0.15, -0.1) is 0 Å². The number of amides is 1. The summed E-state index contributed by atoms with van der Waals surface area (Å²) < 4.78 is 40.3. The number of nitrogens with one attached hydrogen (secondary N) is 1. The van der Waals surface area contributed by atoms with Gasteiger partial charge in [0.2, 0.25) is 5.60 Å². The maximum atomic E-state index is 13.4. The number of benzene rings is 3. The van der Waals surface area contributed by atoms with E-state index in [-0.39, 0.29) is 12.1 Å². The summed E-state index contributed by atoms with van der Waals surface area (Å²) >= 11 is 6.38. The van der Waals surface area contributed by atoms with Crippen LogP contribution in [0.5, 0.6) is 0 Å². The summed E-state index contributed by atoms with van der Waals surface area (Å²) in [6.45, 7) is 0. The van der Waals surface area contributed by atoms with Gasteiger partial charge >= 0.3 is 6.18 Å². The number of nitro groups is 1. The van der Waals surface area contributed by atoms with Gasteiger partial charge in [0.05, 0.1) is 4.92 Å². The van der Waals surface area contributed by atoms with Crippen LogP contribution in [0.2, 0.25) is 5.02 Å². The molecule has 6 nitrogen and oxygen atoms in total. The van der Waals surface area contributed by atoms with E-state index in [1.807, 2.05) is 0 Å². The van der Waals surface area contributed by atoms with Crippen LogP contribution in [0.4, 0.5) is 24.5 Å². The van der Waals surface area contributed by atoms with Gasteiger partial charge in [-0.3, -0.25) is 14.9 Å². The minimum atomic E-state index is -5.03. The van der Waals surface area contributed by atoms with E-state index in [2.05, 4.69) is 17.2 Å². The first-order chi connectivity index (χ1) is 17.4. The van der Waals surface area contributed by atoms with Crippen LogP contribution in [0.25, 0.3) is 0 Å². The smallest absolute Gasteiger partial charge is 0.369 e. The Morgan fingerprint density at radius 1 is 1.08 bits per heavy atom. The zero-order valence-electron chi connectivity index (χ0n) is 19.2. The van der Waals surface area contributed by atoms with E-state index in [9.17, 15) is 33.2 Å². The maximum absolute atomic E-state index is 13.4. The fraction of sp³-hybridized carbons (Fsp3) is 0.222. The predicted octanol–water partition coefficient (Wildman–Crippen LogP) is 6.11. The maximum Gasteiger partial charge on any atom is 0.423 e. The molecule has 0 bridgehead atoms. The first kappa shape index (κ1) is 26.2. The van der Waals surface area contributed by atoms with Gasteiger partial charge in [-0.05, 0) is 48.7 Å². The lowest BCUT2D eigenvalue weighted by Crippen LogP contribution is -2.44. The Kier molecular flexibility index (Phi) is 7.00. The molecular formula is C27H20ClF3N2O4. The quantitative estimate of drug-likeness (QED) is 0.229. The van der Waals surface area contributed by atoms with Gasteiger partial charge in [-0.1, -0.05) is 59.8 Å². The van der Waals surface area contributed by atoms with Gasteiger partial charge in [-0.25, -0.2) is 0 Å². The highest BCUT2D eigenvalue weighted by molar-refractivity contribution is 6.31. The van der Waals surface area contributed by atoms with Crippen LogP contribution in [0.15, 0.2) is 72.8 Å². The number of anilines is 1. The summed E-state index contributed by atoms with van der Waals surface area (Å²) in [6.07, 6.45) is -3.95. The molecule has 190 valence electrons. The van der Waals surface area contributed by atoms with Gasteiger partial charge in [0.1, 0.15) is 5.56 Å². The number of carbonyl (C=O) groups is 1. The number of alkyl halides is 3. The lowest BCUT2D eigenvalue weighted by Gasteiger charge is -2.28. The molecule has 37 heavy (non-hydrogen) atoms. The van der Waals surface area contributed by atoms with Gasteiger partial charge in [0, 0.05) is 34.2 Å². The van der Waals surface area contributed by atoms with Crippen molar-refractivity contribution in [1.82, 2.24) is 0 Å². The standard InChI is InChI=1S/C27H20ClF3N2O4/c28-22-9-5-4-8-20(22)25(14-15-25)17-26(35,13-12-18-6-2-1-3-7-18)24(34)32-19-10-11-23(33(36)37)21(16-19)27(29,30)31/h1-11,16,35H,14-15,17H2,(H,32,34). The van der Waals surface area contributed by atoms with E-state index in [0.29, 0.717) is 35.6 Å². The number of aliphatic hydroxyl groups is 1. The normalized spacial score (nSPS) is 15.6. The molecule has 2 N–H and O–H groups in total. The summed E-state index contributed by atoms with van der Waals surface area (Å²) in [5.41, 5.74) is -4.76. The highest BCUT2D eigenvalue weighted by Crippen LogP contribution is 2.55. The molecule has 4 rings (SSSR count). The Balaban J connectivity index is 1.71. The van der Waals surface area contributed by atoms with Crippen molar-refractivity contribution in [2.75, 3.05) is 5.32 Å². The number of hydrogen-bond donors (Lipinski definition) is 2. The Labute approximate surface area is 215 Å². The van der Waals surface area contributed by atoms with Gasteiger partial charge in [0.15, 0.2) is 0 Å². The predicted molar refractivity (Wildman–Crippen MR) is 132 cm³/mol. The van der Waals surface area contributed by atoms with Gasteiger partial charge in [0.25, 0.3) is 11.6 Å². The molecule has 1 fully saturated rings. The van der Waals surface area contributed by atoms with Crippen LogP contribution in [0, 0.1) is 22.0 Å². The molecule has 0 radical (unpaired) electrons. The molecule has 1 amide bonds. The van der Waals surface area contributed by atoms with Crippen LogP contribution in [-0.2, 0) is 16.4 Å². The number of nitrogens with zero attached hydrogens (tertiary/aromatic N) is 1. The minimum absolute atomic E-state index is 0.158. The second-order valence-corrected chi connectivity index (χ2v) is 9.26. The topological polar surface area (TPSA) is 92.5 Å². The summed E-state index contributed by atoms with van der Waals surface area (Å²) in [7, 11) is 0. The second kappa shape index (κ2) is 9.88. The van der Waals surface area contributed by atoms with E-state index in [0.717, 1.165) is 11.6 Å². The molecule has 0 aromatic heterocycles. The molecule has 1 aliphatic carbocycles. The molecule has 1 aliphatic rings. The third-order valence-corrected chi connectivity index (χ3v) is 6.54. The van der Waals surface area contributed by atoms with E-state index in [1.165, 1.54) is 0 Å². The molecule has 0 heterocycles. The summed E-state index contributed by atoms with van der Waals surface area (Å²) in [4.78, 5) is 23.2. The van der Waals surface area contributed by atoms with Crippen molar-refractivity contribution in [3.8, 4) is 11.8 Å². The van der Waals surface area contributed by atoms with E-state index in [1.54, 1.807) is 54.6 Å². The molecule has 10 heteroatoms. The van der Waals surface area contributed by atoms with Crippen molar-refractivity contribution in [1.29, 1.82) is 0 Å². The highest BCUT2D eigenvalue weighted by Gasteiger charge is 2.53. The molecule has 1 unspecified atom stereocenters. The molecule has 0 aliphatic heterocycles. The lowest BCUT2D eigenvalue weighted by molar-refractivity contribution is -0.388. The van der Waals surface area contributed by atoms with Crippen molar-refractivity contribution in [2.24, 2.45) is 0 Å². The first-order valence-electron chi connectivity index (χ1n) is 11.2. The number of nitro benzene ring substituents is 1. The van der Waals surface area contributed by atoms with Crippen molar-refractivity contribution >= 4 is 28.9 Å². The van der Waals surface area contributed by atoms with Crippen molar-refractivity contribution in [2.45, 2.75) is 36.5 Å². The number of halogens is 4. The van der Waals surface area contributed by atoms with Crippen LogP contribution < -0.4 is 5.32 Å². The van der Waals surface area contributed by atoms with Crippen molar-refractivity contribution < 1.29 is 28.0 Å². The molecular weight excluding hydrogens is 509 g/mol. The number of hydrogen-bond acceptors (Lipinski definition) is 4. The van der Waals surface area contributed by atoms with Crippen LogP contribution >= 0.6 is 11.6 Å². The zero-order valence-corrected chi connectivity index (χ0v) is 19.9. The molecule has 1 saturated carbocycles. The minimum Gasteiger partial charge on any atom is -0.369 e. The Hall–Kier alpha value is -3.87. The lowest BCUT2D eigenvalue weighted by atomic mass is 9.82. The molecule has 0 spiro atoms. The summed E-state index contributed by atoms with van der Waals surface area (Å²) in [5.74, 6) is 4.32. The Bertz CT molecular complexity index is 1410. The van der Waals surface area contributed by atoms with Crippen LogP contribution in [0.1, 0.15) is 36.0 Å². The summed E-state index contributed by atoms with van der Waals surface area (Å²) in [5, 5.41) is 25.3. The van der Waals surface area contributed by atoms with E-state index < -0.39 is 39.3 Å². The number of carbonyl (C=O) groups excluding carboxylic acids is 1. The average molecular weight is 529 g/mol. The highest BCUT2D eigenvalue weighted by atomic mass is 35.5. The first-order valence-corrected chi connectivity index (χ1v) is 11.5. The molecule has 0 saturated heterocycles. The fourth-order valence-corrected chi connectivity index (χ4v) is 4.52. The second-order valence-electron chi connectivity index (χ2n) is 8.85. The van der Waals surface area contributed by atoms with Gasteiger partial charge in [-0.2, -0.15) is 13.2 Å². The molecule has 1 atom stereocenters. The Morgan fingerprint density at radius 2 is 1.73 bits per heavy atom. The van der Waals surface area contributed by atoms with Crippen molar-refractivity contribution in [3.05, 3.63) is 105 Å². The van der Waals surface area contributed by atoms with Gasteiger partial charge < -0.3 is 10.4 Å². The SMILES string of the molecule is O=C(Nc1ccc([N+](=O)[O-])c(C(F)(F)F)c1)C(O)(C#Cc1ccccc1)CC1(c2ccccc2Cl)CC1. The summed E-state index contributed by atoms with van der Waals surface area (Å²) in [6, 6.07) is 17.7. The largest absolute Gasteiger partial charge is 0.423 e. The fourth-order valence-electron chi connectivity index (χ4n) is 4.19. The average Bonchev–Trinajstić information content (AvgIpc) is 3.63. The third kappa shape index (κ3) is 5.77. The Morgan fingerprint density at radius 3 is 2.32 bits per heavy atom. The monoisotopic (exact) mass is 528 g/mol. The molecule has 3 aromatic rings. The third-order valence-electron chi connectivity index (χ3n) is 6.21. The van der Waals surface area contributed by atoms with E-state index >= 15 is 0 Å². The zero-order chi connectivity index (χ0) is 26.8. The van der Waals surface area contributed by atoms with E-state index in [4.69, 9.17) is 11.6 Å². The number of rotatable bonds is 6. The van der Waals surface area contributed by atoms with Crippen LogP contribution in [0.3, 0.4) is 0 Å².